The number of rotatable bonds is 5. The molecule has 0 aromatic rings. The first-order valence-corrected chi connectivity index (χ1v) is 6.26. The second kappa shape index (κ2) is 4.61. The van der Waals surface area contributed by atoms with Crippen molar-refractivity contribution in [3.05, 3.63) is 0 Å². The fraction of sp³-hybridized carbons (Fsp3) is 1.00. The van der Waals surface area contributed by atoms with E-state index in [0.29, 0.717) is 6.61 Å². The molecule has 0 amide bonds. The third-order valence-corrected chi connectivity index (χ3v) is 4.20. The molecule has 0 aliphatic heterocycles. The van der Waals surface area contributed by atoms with E-state index in [1.165, 1.54) is 0 Å². The largest absolute Gasteiger partial charge is 0.396 e. The van der Waals surface area contributed by atoms with Gasteiger partial charge in [-0.15, -0.1) is 0 Å². The highest BCUT2D eigenvalue weighted by Gasteiger charge is 2.66. The lowest BCUT2D eigenvalue weighted by atomic mass is 9.91. The van der Waals surface area contributed by atoms with Crippen LogP contribution in [0.4, 0.5) is 0 Å². The maximum Gasteiger partial charge on any atom is 0.107 e. The molecule has 16 heavy (non-hydrogen) atoms. The Labute approximate surface area is 96.2 Å². The maximum atomic E-state index is 9.95. The van der Waals surface area contributed by atoms with Gasteiger partial charge in [-0.05, 0) is 19.3 Å². The van der Waals surface area contributed by atoms with Crippen molar-refractivity contribution >= 4 is 0 Å². The summed E-state index contributed by atoms with van der Waals surface area (Å²) in [6, 6.07) is 0. The monoisotopic (exact) mass is 230 g/mol. The van der Waals surface area contributed by atoms with Crippen molar-refractivity contribution in [3.8, 4) is 0 Å². The third kappa shape index (κ3) is 1.78. The van der Waals surface area contributed by atoms with E-state index in [0.717, 1.165) is 25.7 Å². The summed E-state index contributed by atoms with van der Waals surface area (Å²) in [5.41, 5.74) is -0.151. The predicted octanol–water partition coefficient (Wildman–Crippen LogP) is 0.296. The van der Waals surface area contributed by atoms with Crippen molar-refractivity contribution in [2.24, 2.45) is 11.3 Å². The molecule has 0 saturated heterocycles. The van der Waals surface area contributed by atoms with Crippen LogP contribution in [-0.2, 0) is 4.74 Å². The van der Waals surface area contributed by atoms with Crippen molar-refractivity contribution in [1.29, 1.82) is 0 Å². The van der Waals surface area contributed by atoms with E-state index in [4.69, 9.17) is 4.74 Å². The van der Waals surface area contributed by atoms with Gasteiger partial charge in [-0.3, -0.25) is 0 Å². The Bertz CT molecular complexity index is 239. The SMILES string of the molecule is CCCCO[C@@H]1[C@@H](O)C(O)[C@@H](CO)C12CC2. The molecule has 1 spiro atoms. The van der Waals surface area contributed by atoms with Gasteiger partial charge in [-0.25, -0.2) is 0 Å². The lowest BCUT2D eigenvalue weighted by molar-refractivity contribution is -0.0701. The van der Waals surface area contributed by atoms with Gasteiger partial charge in [0.2, 0.25) is 0 Å². The molecule has 2 fully saturated rings. The van der Waals surface area contributed by atoms with E-state index in [-0.39, 0.29) is 24.0 Å². The summed E-state index contributed by atoms with van der Waals surface area (Å²) in [5.74, 6) is -0.214. The normalized spacial score (nSPS) is 40.5. The third-order valence-electron chi connectivity index (χ3n) is 4.20. The highest BCUT2D eigenvalue weighted by Crippen LogP contribution is 2.62. The summed E-state index contributed by atoms with van der Waals surface area (Å²) >= 11 is 0. The number of hydrogen-bond acceptors (Lipinski definition) is 4. The summed E-state index contributed by atoms with van der Waals surface area (Å²) in [5, 5.41) is 29.1. The average molecular weight is 230 g/mol. The molecule has 0 radical (unpaired) electrons. The zero-order valence-electron chi connectivity index (χ0n) is 9.80. The van der Waals surface area contributed by atoms with Crippen molar-refractivity contribution in [2.45, 2.75) is 50.9 Å². The highest BCUT2D eigenvalue weighted by atomic mass is 16.5. The van der Waals surface area contributed by atoms with Gasteiger partial charge >= 0.3 is 0 Å². The molecule has 1 unspecified atom stereocenters. The van der Waals surface area contributed by atoms with Gasteiger partial charge < -0.3 is 20.1 Å². The number of ether oxygens (including phenoxy) is 1. The Morgan fingerprint density at radius 1 is 1.25 bits per heavy atom. The molecule has 4 nitrogen and oxygen atoms in total. The molecular weight excluding hydrogens is 208 g/mol. The number of aliphatic hydroxyl groups excluding tert-OH is 3. The van der Waals surface area contributed by atoms with Crippen molar-refractivity contribution in [1.82, 2.24) is 0 Å². The molecule has 94 valence electrons. The van der Waals surface area contributed by atoms with E-state index in [1.54, 1.807) is 0 Å². The van der Waals surface area contributed by atoms with Crippen LogP contribution in [0.1, 0.15) is 32.6 Å². The minimum atomic E-state index is -0.837. The number of aliphatic hydroxyl groups is 3. The number of hydrogen-bond donors (Lipinski definition) is 3. The minimum Gasteiger partial charge on any atom is -0.396 e. The quantitative estimate of drug-likeness (QED) is 0.594. The summed E-state index contributed by atoms with van der Waals surface area (Å²) in [6.45, 7) is 2.66. The zero-order valence-corrected chi connectivity index (χ0v) is 9.80. The molecule has 0 bridgehead atoms. The van der Waals surface area contributed by atoms with E-state index in [1.807, 2.05) is 0 Å². The molecule has 0 aromatic heterocycles. The molecular formula is C12H22O4. The summed E-state index contributed by atoms with van der Waals surface area (Å²) < 4.78 is 5.71. The van der Waals surface area contributed by atoms with Gasteiger partial charge in [0, 0.05) is 24.5 Å². The fourth-order valence-electron chi connectivity index (χ4n) is 3.02. The second-order valence-corrected chi connectivity index (χ2v) is 5.15. The fourth-order valence-corrected chi connectivity index (χ4v) is 3.02. The van der Waals surface area contributed by atoms with Crippen LogP contribution in [-0.4, -0.2) is 46.8 Å². The van der Waals surface area contributed by atoms with Crippen molar-refractivity contribution in [2.75, 3.05) is 13.2 Å². The van der Waals surface area contributed by atoms with E-state index >= 15 is 0 Å². The summed E-state index contributed by atoms with van der Waals surface area (Å²) in [6.07, 6.45) is 1.97. The van der Waals surface area contributed by atoms with Gasteiger partial charge in [-0.2, -0.15) is 0 Å². The van der Waals surface area contributed by atoms with Crippen LogP contribution in [0.15, 0.2) is 0 Å². The van der Waals surface area contributed by atoms with Gasteiger partial charge in [0.25, 0.3) is 0 Å². The molecule has 2 saturated carbocycles. The lowest BCUT2D eigenvalue weighted by Crippen LogP contribution is -2.34. The average Bonchev–Trinajstić information content (AvgIpc) is 3.02. The lowest BCUT2D eigenvalue weighted by Gasteiger charge is -2.24. The Hall–Kier alpha value is -0.160. The van der Waals surface area contributed by atoms with Crippen LogP contribution >= 0.6 is 0 Å². The van der Waals surface area contributed by atoms with Crippen LogP contribution < -0.4 is 0 Å². The standard InChI is InChI=1S/C12H22O4/c1-2-3-6-16-11-10(15)9(14)8(7-13)12(11)4-5-12/h8-11,13-15H,2-7H2,1H3/t8-,9?,10+,11-/m1/s1. The van der Waals surface area contributed by atoms with Crippen molar-refractivity contribution < 1.29 is 20.1 Å². The van der Waals surface area contributed by atoms with Crippen LogP contribution in [0, 0.1) is 11.3 Å². The Morgan fingerprint density at radius 2 is 1.94 bits per heavy atom. The maximum absolute atomic E-state index is 9.95. The van der Waals surface area contributed by atoms with Crippen molar-refractivity contribution in [3.63, 3.8) is 0 Å². The summed E-state index contributed by atoms with van der Waals surface area (Å²) in [7, 11) is 0. The smallest absolute Gasteiger partial charge is 0.107 e. The molecule has 2 rings (SSSR count). The first kappa shape index (κ1) is 12.3. The Morgan fingerprint density at radius 3 is 2.44 bits per heavy atom. The zero-order chi connectivity index (χ0) is 11.8. The van der Waals surface area contributed by atoms with Crippen LogP contribution in [0.3, 0.4) is 0 Å². The van der Waals surface area contributed by atoms with E-state index < -0.39 is 12.2 Å². The molecule has 2 aliphatic rings. The van der Waals surface area contributed by atoms with Crippen LogP contribution in [0.5, 0.6) is 0 Å². The first-order valence-electron chi connectivity index (χ1n) is 6.26. The van der Waals surface area contributed by atoms with E-state index in [9.17, 15) is 15.3 Å². The molecule has 3 N–H and O–H groups in total. The second-order valence-electron chi connectivity index (χ2n) is 5.15. The highest BCUT2D eigenvalue weighted by molar-refractivity contribution is 5.15. The van der Waals surface area contributed by atoms with Gasteiger partial charge in [0.05, 0.1) is 12.2 Å². The van der Waals surface area contributed by atoms with Crippen LogP contribution in [0.2, 0.25) is 0 Å². The van der Waals surface area contributed by atoms with Gasteiger partial charge in [0.1, 0.15) is 6.10 Å². The Kier molecular flexibility index (Phi) is 3.54. The molecule has 0 heterocycles. The topological polar surface area (TPSA) is 69.9 Å². The summed E-state index contributed by atoms with van der Waals surface area (Å²) in [4.78, 5) is 0. The van der Waals surface area contributed by atoms with Gasteiger partial charge in [0.15, 0.2) is 0 Å². The first-order chi connectivity index (χ1) is 7.67. The molecule has 0 aromatic carbocycles. The number of unbranched alkanes of at least 4 members (excludes halogenated alkanes) is 1. The predicted molar refractivity (Wildman–Crippen MR) is 58.9 cm³/mol. The minimum absolute atomic E-state index is 0.0636. The van der Waals surface area contributed by atoms with Gasteiger partial charge in [-0.1, -0.05) is 13.3 Å². The molecule has 2 aliphatic carbocycles. The van der Waals surface area contributed by atoms with E-state index in [2.05, 4.69) is 6.92 Å². The molecule has 4 atom stereocenters. The van der Waals surface area contributed by atoms with Crippen LogP contribution in [0.25, 0.3) is 0 Å². The molecule has 4 heteroatoms. The Balaban J connectivity index is 2.01.